The molecular weight excluding hydrogens is 448 g/mol. The molecule has 6 nitrogen and oxygen atoms in total. The summed E-state index contributed by atoms with van der Waals surface area (Å²) in [4.78, 5) is 34.2. The van der Waals surface area contributed by atoms with Crippen molar-refractivity contribution in [2.45, 2.75) is 27.7 Å². The second-order valence-electron chi connectivity index (χ2n) is 9.28. The van der Waals surface area contributed by atoms with Crippen molar-refractivity contribution in [3.63, 3.8) is 0 Å². The van der Waals surface area contributed by atoms with Gasteiger partial charge in [0.25, 0.3) is 0 Å². The average Bonchev–Trinajstić information content (AvgIpc) is 2.89. The lowest BCUT2D eigenvalue weighted by atomic mass is 10.1. The lowest BCUT2D eigenvalue weighted by molar-refractivity contribution is -0.119. The first kappa shape index (κ1) is 24.8. The SMILES string of the molecule is CC(C)C(=O)Nc1cccc(-c2cc(-c3ccccc3)nc(-c3cccc(NC(=O)C(C)C)c3)n2)c1. The van der Waals surface area contributed by atoms with Crippen LogP contribution in [0.1, 0.15) is 27.7 Å². The van der Waals surface area contributed by atoms with Crippen LogP contribution in [0, 0.1) is 11.8 Å². The fraction of sp³-hybridized carbons (Fsp3) is 0.200. The minimum atomic E-state index is -0.124. The molecule has 0 bridgehead atoms. The lowest BCUT2D eigenvalue weighted by Gasteiger charge is -2.12. The van der Waals surface area contributed by atoms with Gasteiger partial charge in [0.1, 0.15) is 0 Å². The molecule has 2 N–H and O–H groups in total. The highest BCUT2D eigenvalue weighted by atomic mass is 16.2. The van der Waals surface area contributed by atoms with E-state index in [0.29, 0.717) is 17.2 Å². The van der Waals surface area contributed by atoms with Crippen molar-refractivity contribution in [2.24, 2.45) is 11.8 Å². The molecule has 0 atom stereocenters. The zero-order valence-corrected chi connectivity index (χ0v) is 20.9. The Hall–Kier alpha value is -4.32. The normalized spacial score (nSPS) is 10.9. The summed E-state index contributed by atoms with van der Waals surface area (Å²) in [6, 6.07) is 27.1. The molecule has 3 aromatic carbocycles. The number of rotatable bonds is 7. The van der Waals surface area contributed by atoms with Gasteiger partial charge in [0.2, 0.25) is 11.8 Å². The first-order valence-electron chi connectivity index (χ1n) is 12.1. The number of benzene rings is 3. The van der Waals surface area contributed by atoms with Gasteiger partial charge in [-0.05, 0) is 30.3 Å². The summed E-state index contributed by atoms with van der Waals surface area (Å²) in [7, 11) is 0. The third-order valence-corrected chi connectivity index (χ3v) is 5.66. The van der Waals surface area contributed by atoms with Crippen LogP contribution in [0.2, 0.25) is 0 Å². The largest absolute Gasteiger partial charge is 0.326 e. The summed E-state index contributed by atoms with van der Waals surface area (Å²) >= 11 is 0. The molecular formula is C30H30N4O2. The molecule has 0 saturated heterocycles. The van der Waals surface area contributed by atoms with E-state index < -0.39 is 0 Å². The number of hydrogen-bond acceptors (Lipinski definition) is 4. The van der Waals surface area contributed by atoms with Crippen LogP contribution >= 0.6 is 0 Å². The summed E-state index contributed by atoms with van der Waals surface area (Å²) in [6.45, 7) is 7.44. The Bertz CT molecular complexity index is 1300. The van der Waals surface area contributed by atoms with E-state index >= 15 is 0 Å². The summed E-state index contributed by atoms with van der Waals surface area (Å²) in [5, 5.41) is 5.90. The predicted octanol–water partition coefficient (Wildman–Crippen LogP) is 6.67. The Kier molecular flexibility index (Phi) is 7.54. The molecule has 4 aromatic rings. The van der Waals surface area contributed by atoms with Gasteiger partial charge in [0.15, 0.2) is 5.82 Å². The summed E-state index contributed by atoms with van der Waals surface area (Å²) < 4.78 is 0. The molecule has 6 heteroatoms. The summed E-state index contributed by atoms with van der Waals surface area (Å²) in [5.74, 6) is 0.213. The number of nitrogens with one attached hydrogen (secondary N) is 2. The topological polar surface area (TPSA) is 84.0 Å². The maximum Gasteiger partial charge on any atom is 0.226 e. The summed E-state index contributed by atoms with van der Waals surface area (Å²) in [5.41, 5.74) is 5.54. The van der Waals surface area contributed by atoms with Crippen molar-refractivity contribution in [3.8, 4) is 33.9 Å². The van der Waals surface area contributed by atoms with Crippen molar-refractivity contribution in [1.82, 2.24) is 9.97 Å². The van der Waals surface area contributed by atoms with Crippen molar-refractivity contribution >= 4 is 23.2 Å². The van der Waals surface area contributed by atoms with Crippen LogP contribution in [0.5, 0.6) is 0 Å². The van der Waals surface area contributed by atoms with E-state index in [0.717, 1.165) is 28.1 Å². The Balaban J connectivity index is 1.78. The van der Waals surface area contributed by atoms with Crippen LogP contribution in [-0.4, -0.2) is 21.8 Å². The second kappa shape index (κ2) is 11.0. The smallest absolute Gasteiger partial charge is 0.226 e. The zero-order valence-electron chi connectivity index (χ0n) is 20.9. The Morgan fingerprint density at radius 2 is 1.06 bits per heavy atom. The Labute approximate surface area is 211 Å². The third-order valence-electron chi connectivity index (χ3n) is 5.66. The molecule has 182 valence electrons. The minimum absolute atomic E-state index is 0.0410. The highest BCUT2D eigenvalue weighted by Gasteiger charge is 2.14. The van der Waals surface area contributed by atoms with Gasteiger partial charge < -0.3 is 10.6 Å². The van der Waals surface area contributed by atoms with Gasteiger partial charge in [0, 0.05) is 39.9 Å². The molecule has 0 unspecified atom stereocenters. The number of nitrogens with zero attached hydrogens (tertiary/aromatic N) is 2. The van der Waals surface area contributed by atoms with Gasteiger partial charge >= 0.3 is 0 Å². The van der Waals surface area contributed by atoms with Gasteiger partial charge in [-0.1, -0.05) is 82.3 Å². The average molecular weight is 479 g/mol. The lowest BCUT2D eigenvalue weighted by Crippen LogP contribution is -2.17. The zero-order chi connectivity index (χ0) is 25.7. The molecule has 0 aliphatic heterocycles. The molecule has 0 aliphatic rings. The highest BCUT2D eigenvalue weighted by Crippen LogP contribution is 2.29. The van der Waals surface area contributed by atoms with Gasteiger partial charge in [0.05, 0.1) is 11.4 Å². The van der Waals surface area contributed by atoms with E-state index in [-0.39, 0.29) is 23.7 Å². The quantitative estimate of drug-likeness (QED) is 0.311. The van der Waals surface area contributed by atoms with Crippen molar-refractivity contribution in [1.29, 1.82) is 0 Å². The monoisotopic (exact) mass is 478 g/mol. The first-order valence-corrected chi connectivity index (χ1v) is 12.1. The highest BCUT2D eigenvalue weighted by molar-refractivity contribution is 5.93. The summed E-state index contributed by atoms with van der Waals surface area (Å²) in [6.07, 6.45) is 0. The molecule has 0 fully saturated rings. The van der Waals surface area contributed by atoms with Crippen molar-refractivity contribution in [3.05, 3.63) is 84.9 Å². The Morgan fingerprint density at radius 1 is 0.583 bits per heavy atom. The molecule has 2 amide bonds. The van der Waals surface area contributed by atoms with Crippen LogP contribution < -0.4 is 10.6 Å². The van der Waals surface area contributed by atoms with E-state index in [1.165, 1.54) is 0 Å². The molecule has 0 radical (unpaired) electrons. The maximum atomic E-state index is 12.2. The number of carbonyl (C=O) groups is 2. The number of amides is 2. The van der Waals surface area contributed by atoms with E-state index in [2.05, 4.69) is 10.6 Å². The molecule has 1 heterocycles. The second-order valence-corrected chi connectivity index (χ2v) is 9.28. The molecule has 36 heavy (non-hydrogen) atoms. The maximum absolute atomic E-state index is 12.2. The molecule has 4 rings (SSSR count). The minimum Gasteiger partial charge on any atom is -0.326 e. The number of carbonyl (C=O) groups excluding carboxylic acids is 2. The Morgan fingerprint density at radius 3 is 1.61 bits per heavy atom. The van der Waals surface area contributed by atoms with E-state index in [1.807, 2.05) is 113 Å². The van der Waals surface area contributed by atoms with Gasteiger partial charge in [-0.15, -0.1) is 0 Å². The fourth-order valence-electron chi connectivity index (χ4n) is 3.55. The van der Waals surface area contributed by atoms with E-state index in [1.54, 1.807) is 0 Å². The van der Waals surface area contributed by atoms with Gasteiger partial charge in [-0.3, -0.25) is 9.59 Å². The molecule has 0 aliphatic carbocycles. The third kappa shape index (κ3) is 6.02. The van der Waals surface area contributed by atoms with Crippen LogP contribution in [-0.2, 0) is 9.59 Å². The number of anilines is 2. The molecule has 0 saturated carbocycles. The fourth-order valence-corrected chi connectivity index (χ4v) is 3.55. The van der Waals surface area contributed by atoms with E-state index in [9.17, 15) is 9.59 Å². The van der Waals surface area contributed by atoms with Crippen LogP contribution in [0.4, 0.5) is 11.4 Å². The first-order chi connectivity index (χ1) is 17.3. The number of aromatic nitrogens is 2. The van der Waals surface area contributed by atoms with Crippen LogP contribution in [0.3, 0.4) is 0 Å². The van der Waals surface area contributed by atoms with E-state index in [4.69, 9.17) is 9.97 Å². The van der Waals surface area contributed by atoms with Crippen LogP contribution in [0.15, 0.2) is 84.9 Å². The van der Waals surface area contributed by atoms with Gasteiger partial charge in [-0.2, -0.15) is 0 Å². The van der Waals surface area contributed by atoms with Gasteiger partial charge in [-0.25, -0.2) is 9.97 Å². The molecule has 0 spiro atoms. The van der Waals surface area contributed by atoms with Crippen LogP contribution in [0.25, 0.3) is 33.9 Å². The van der Waals surface area contributed by atoms with Crippen molar-refractivity contribution < 1.29 is 9.59 Å². The number of hydrogen-bond donors (Lipinski definition) is 2. The standard InChI is InChI=1S/C30H30N4O2/c1-19(2)29(35)31-24-14-8-12-22(16-24)27-18-26(21-10-6-5-7-11-21)33-28(34-27)23-13-9-15-25(17-23)32-30(36)20(3)4/h5-20H,1-4H3,(H,31,35)(H,32,36). The molecule has 1 aromatic heterocycles. The predicted molar refractivity (Wildman–Crippen MR) is 145 cm³/mol. The van der Waals surface area contributed by atoms with Crippen molar-refractivity contribution in [2.75, 3.05) is 10.6 Å².